The molecule has 0 unspecified atom stereocenters. The first-order valence-electron chi connectivity index (χ1n) is 6.58. The summed E-state index contributed by atoms with van der Waals surface area (Å²) in [6, 6.07) is 12.7. The van der Waals surface area contributed by atoms with E-state index in [1.54, 1.807) is 19.2 Å². The number of ether oxygens (including phenoxy) is 2. The predicted octanol–water partition coefficient (Wildman–Crippen LogP) is 3.63. The minimum atomic E-state index is -0.0626. The lowest BCUT2D eigenvalue weighted by atomic mass is 10.0. The second-order valence-corrected chi connectivity index (χ2v) is 4.44. The van der Waals surface area contributed by atoms with Gasteiger partial charge in [-0.15, -0.1) is 0 Å². The number of rotatable bonds is 5. The van der Waals surface area contributed by atoms with Gasteiger partial charge < -0.3 is 9.47 Å². The van der Waals surface area contributed by atoms with Crippen LogP contribution in [0.3, 0.4) is 0 Å². The quantitative estimate of drug-likeness (QED) is 0.778. The largest absolute Gasteiger partial charge is 0.496 e. The molecule has 0 aromatic heterocycles. The Kier molecular flexibility index (Phi) is 4.41. The molecule has 0 saturated carbocycles. The molecule has 104 valence electrons. The highest BCUT2D eigenvalue weighted by molar-refractivity contribution is 6.10. The third-order valence-corrected chi connectivity index (χ3v) is 3.10. The number of aryl methyl sites for hydroxylation is 1. The van der Waals surface area contributed by atoms with Gasteiger partial charge in [-0.25, -0.2) is 0 Å². The molecule has 3 heteroatoms. The molecule has 0 aliphatic carbocycles. The van der Waals surface area contributed by atoms with Crippen molar-refractivity contribution < 1.29 is 14.3 Å². The molecule has 0 bridgehead atoms. The summed E-state index contributed by atoms with van der Waals surface area (Å²) in [6.45, 7) is 4.37. The van der Waals surface area contributed by atoms with Crippen molar-refractivity contribution in [1.29, 1.82) is 0 Å². The second kappa shape index (κ2) is 6.24. The van der Waals surface area contributed by atoms with Crippen molar-refractivity contribution in [2.45, 2.75) is 13.8 Å². The SMILES string of the molecule is CCOc1ccccc1C(=O)c1ccc(C)c(OC)c1. The van der Waals surface area contributed by atoms with Crippen molar-refractivity contribution in [1.82, 2.24) is 0 Å². The number of ketones is 1. The fraction of sp³-hybridized carbons (Fsp3) is 0.235. The predicted molar refractivity (Wildman–Crippen MR) is 78.8 cm³/mol. The lowest BCUT2D eigenvalue weighted by molar-refractivity contribution is 0.103. The smallest absolute Gasteiger partial charge is 0.196 e. The molecule has 3 nitrogen and oxygen atoms in total. The maximum absolute atomic E-state index is 12.6. The van der Waals surface area contributed by atoms with E-state index in [4.69, 9.17) is 9.47 Å². The van der Waals surface area contributed by atoms with Gasteiger partial charge in [0.2, 0.25) is 0 Å². The lowest BCUT2D eigenvalue weighted by Gasteiger charge is -2.10. The van der Waals surface area contributed by atoms with Gasteiger partial charge in [0.15, 0.2) is 5.78 Å². The summed E-state index contributed by atoms with van der Waals surface area (Å²) < 4.78 is 10.8. The van der Waals surface area contributed by atoms with Crippen LogP contribution in [0.4, 0.5) is 0 Å². The highest BCUT2D eigenvalue weighted by atomic mass is 16.5. The number of para-hydroxylation sites is 1. The summed E-state index contributed by atoms with van der Waals surface area (Å²) in [6.07, 6.45) is 0. The molecular weight excluding hydrogens is 252 g/mol. The van der Waals surface area contributed by atoms with Crippen molar-refractivity contribution >= 4 is 5.78 Å². The Labute approximate surface area is 119 Å². The summed E-state index contributed by atoms with van der Waals surface area (Å²) >= 11 is 0. The van der Waals surface area contributed by atoms with E-state index in [1.165, 1.54) is 0 Å². The van der Waals surface area contributed by atoms with Crippen LogP contribution in [0.2, 0.25) is 0 Å². The number of benzene rings is 2. The van der Waals surface area contributed by atoms with Crippen molar-refractivity contribution in [3.05, 3.63) is 59.2 Å². The van der Waals surface area contributed by atoms with E-state index in [0.717, 1.165) is 5.56 Å². The number of carbonyl (C=O) groups excluding carboxylic acids is 1. The van der Waals surface area contributed by atoms with Crippen LogP contribution >= 0.6 is 0 Å². The van der Waals surface area contributed by atoms with E-state index in [0.29, 0.717) is 29.2 Å². The molecule has 2 aromatic carbocycles. The van der Waals surface area contributed by atoms with Gasteiger partial charge in [0.25, 0.3) is 0 Å². The Bertz CT molecular complexity index is 617. The Hall–Kier alpha value is -2.29. The van der Waals surface area contributed by atoms with Crippen molar-refractivity contribution in [3.63, 3.8) is 0 Å². The molecule has 0 fully saturated rings. The Morgan fingerprint density at radius 1 is 1.10 bits per heavy atom. The van der Waals surface area contributed by atoms with E-state index in [-0.39, 0.29) is 5.78 Å². The molecule has 0 aliphatic rings. The highest BCUT2D eigenvalue weighted by Gasteiger charge is 2.15. The van der Waals surface area contributed by atoms with Gasteiger partial charge in [-0.3, -0.25) is 4.79 Å². The van der Waals surface area contributed by atoms with E-state index < -0.39 is 0 Å². The lowest BCUT2D eigenvalue weighted by Crippen LogP contribution is -2.05. The third kappa shape index (κ3) is 2.82. The third-order valence-electron chi connectivity index (χ3n) is 3.10. The average molecular weight is 270 g/mol. The van der Waals surface area contributed by atoms with Crippen LogP contribution in [0.15, 0.2) is 42.5 Å². The molecule has 0 amide bonds. The van der Waals surface area contributed by atoms with E-state index in [2.05, 4.69) is 0 Å². The Morgan fingerprint density at radius 3 is 2.55 bits per heavy atom. The molecule has 0 heterocycles. The summed E-state index contributed by atoms with van der Waals surface area (Å²) in [7, 11) is 1.60. The fourth-order valence-corrected chi connectivity index (χ4v) is 2.05. The summed E-state index contributed by atoms with van der Waals surface area (Å²) in [5.41, 5.74) is 2.17. The maximum Gasteiger partial charge on any atom is 0.196 e. The zero-order valence-electron chi connectivity index (χ0n) is 12.0. The summed E-state index contributed by atoms with van der Waals surface area (Å²) in [5.74, 6) is 1.26. The van der Waals surface area contributed by atoms with Crippen LogP contribution in [0.25, 0.3) is 0 Å². The molecule has 0 spiro atoms. The van der Waals surface area contributed by atoms with E-state index in [1.807, 2.05) is 44.2 Å². The monoisotopic (exact) mass is 270 g/mol. The van der Waals surface area contributed by atoms with Crippen molar-refractivity contribution in [2.24, 2.45) is 0 Å². The maximum atomic E-state index is 12.6. The molecule has 0 atom stereocenters. The topological polar surface area (TPSA) is 35.5 Å². The number of hydrogen-bond acceptors (Lipinski definition) is 3. The van der Waals surface area contributed by atoms with Gasteiger partial charge in [0.05, 0.1) is 19.3 Å². The minimum absolute atomic E-state index is 0.0626. The normalized spacial score (nSPS) is 10.2. The fourth-order valence-electron chi connectivity index (χ4n) is 2.05. The van der Waals surface area contributed by atoms with Crippen molar-refractivity contribution in [3.8, 4) is 11.5 Å². The first kappa shape index (κ1) is 14.1. The number of methoxy groups -OCH3 is 1. The molecule has 0 N–H and O–H groups in total. The molecule has 2 rings (SSSR count). The zero-order chi connectivity index (χ0) is 14.5. The summed E-state index contributed by atoms with van der Waals surface area (Å²) in [5, 5.41) is 0. The van der Waals surface area contributed by atoms with Gasteiger partial charge in [-0.2, -0.15) is 0 Å². The number of hydrogen-bond donors (Lipinski definition) is 0. The molecule has 0 aliphatic heterocycles. The first-order chi connectivity index (χ1) is 9.67. The number of carbonyl (C=O) groups is 1. The molecule has 0 radical (unpaired) electrons. The van der Waals surface area contributed by atoms with E-state index in [9.17, 15) is 4.79 Å². The van der Waals surface area contributed by atoms with E-state index >= 15 is 0 Å². The van der Waals surface area contributed by atoms with Gasteiger partial charge in [0.1, 0.15) is 11.5 Å². The van der Waals surface area contributed by atoms with Crippen LogP contribution in [0.1, 0.15) is 28.4 Å². The van der Waals surface area contributed by atoms with Gasteiger partial charge in [0, 0.05) is 5.56 Å². The van der Waals surface area contributed by atoms with Gasteiger partial charge in [-0.05, 0) is 37.6 Å². The molecule has 0 saturated heterocycles. The van der Waals surface area contributed by atoms with Crippen molar-refractivity contribution in [2.75, 3.05) is 13.7 Å². The zero-order valence-corrected chi connectivity index (χ0v) is 12.0. The molecular formula is C17H18O3. The van der Waals surface area contributed by atoms with Crippen LogP contribution in [-0.2, 0) is 0 Å². The molecule has 2 aromatic rings. The second-order valence-electron chi connectivity index (χ2n) is 4.44. The average Bonchev–Trinajstić information content (AvgIpc) is 2.48. The Morgan fingerprint density at radius 2 is 1.85 bits per heavy atom. The minimum Gasteiger partial charge on any atom is -0.496 e. The van der Waals surface area contributed by atoms with Crippen LogP contribution in [-0.4, -0.2) is 19.5 Å². The van der Waals surface area contributed by atoms with Crippen LogP contribution in [0, 0.1) is 6.92 Å². The Balaban J connectivity index is 2.41. The van der Waals surface area contributed by atoms with Crippen LogP contribution < -0.4 is 9.47 Å². The van der Waals surface area contributed by atoms with Gasteiger partial charge >= 0.3 is 0 Å². The standard InChI is InChI=1S/C17H18O3/c1-4-20-15-8-6-5-7-14(15)17(18)13-10-9-12(2)16(11-13)19-3/h5-11H,4H2,1-3H3. The highest BCUT2D eigenvalue weighted by Crippen LogP contribution is 2.25. The molecule has 20 heavy (non-hydrogen) atoms. The van der Waals surface area contributed by atoms with Gasteiger partial charge in [-0.1, -0.05) is 24.3 Å². The van der Waals surface area contributed by atoms with Crippen LogP contribution in [0.5, 0.6) is 11.5 Å². The summed E-state index contributed by atoms with van der Waals surface area (Å²) in [4.78, 5) is 12.6. The first-order valence-corrected chi connectivity index (χ1v) is 6.58.